The van der Waals surface area contributed by atoms with Crippen LogP contribution in [0.25, 0.3) is 44.1 Å². The zero-order valence-electron chi connectivity index (χ0n) is 41.3. The van der Waals surface area contributed by atoms with Crippen molar-refractivity contribution in [3.05, 3.63) is 153 Å². The molecule has 0 N–H and O–H groups in total. The van der Waals surface area contributed by atoms with Crippen LogP contribution in [0.1, 0.15) is 70.4 Å². The van der Waals surface area contributed by atoms with Crippen molar-refractivity contribution in [1.29, 1.82) is 0 Å². The second kappa shape index (κ2) is 19.7. The van der Waals surface area contributed by atoms with Gasteiger partial charge in [0.25, 0.3) is 22.9 Å². The van der Waals surface area contributed by atoms with Crippen molar-refractivity contribution in [2.24, 2.45) is 14.1 Å². The number of imidazole rings is 2. The van der Waals surface area contributed by atoms with Crippen molar-refractivity contribution in [1.82, 2.24) is 62.2 Å². The third-order valence-electron chi connectivity index (χ3n) is 13.4. The summed E-state index contributed by atoms with van der Waals surface area (Å²) in [6, 6.07) is 21.7. The molecule has 2 amide bonds. The maximum absolute atomic E-state index is 14.1. The molecule has 372 valence electrons. The van der Waals surface area contributed by atoms with E-state index in [-0.39, 0.29) is 55.2 Å². The summed E-state index contributed by atoms with van der Waals surface area (Å²) in [5.74, 6) is 12.3. The molecule has 20 nitrogen and oxygen atoms in total. The van der Waals surface area contributed by atoms with Gasteiger partial charge in [-0.25, -0.2) is 34.5 Å². The van der Waals surface area contributed by atoms with Crippen molar-refractivity contribution in [2.75, 3.05) is 18.0 Å². The molecule has 2 aliphatic heterocycles. The summed E-state index contributed by atoms with van der Waals surface area (Å²) in [6.45, 7) is 8.42. The lowest BCUT2D eigenvalue weighted by Crippen LogP contribution is -2.50. The van der Waals surface area contributed by atoms with Crippen LogP contribution in [0.5, 0.6) is 0 Å². The van der Waals surface area contributed by atoms with E-state index >= 15 is 0 Å². The summed E-state index contributed by atoms with van der Waals surface area (Å²) in [4.78, 5) is 111. The van der Waals surface area contributed by atoms with E-state index in [1.165, 1.54) is 14.0 Å². The van der Waals surface area contributed by atoms with E-state index < -0.39 is 22.5 Å². The molecule has 9 aromatic rings. The van der Waals surface area contributed by atoms with Gasteiger partial charge in [0.15, 0.2) is 27.1 Å². The Labute approximate surface area is 429 Å². The molecule has 0 radical (unpaired) electrons. The molecule has 6 aromatic heterocycles. The first-order valence-electron chi connectivity index (χ1n) is 23.7. The Kier molecular flexibility index (Phi) is 13.0. The van der Waals surface area contributed by atoms with Crippen LogP contribution in [0.2, 0.25) is 0 Å². The first kappa shape index (κ1) is 48.8. The van der Waals surface area contributed by atoms with Crippen molar-refractivity contribution < 1.29 is 9.59 Å². The first-order chi connectivity index (χ1) is 35.7. The average Bonchev–Trinajstić information content (AvgIpc) is 4.04. The Bertz CT molecular complexity index is 4180. The van der Waals surface area contributed by atoms with Crippen LogP contribution in [0.4, 0.5) is 5.95 Å². The number of piperidine rings is 1. The Hall–Kier alpha value is -8.82. The third kappa shape index (κ3) is 8.43. The molecular formula is C53H47BrN14O6. The Balaban J connectivity index is 0.000000186. The van der Waals surface area contributed by atoms with Gasteiger partial charge in [-0.3, -0.25) is 46.9 Å². The average molecular weight is 1060 g/mol. The number of fused-ring (bicyclic) bond motifs is 5. The second-order valence-corrected chi connectivity index (χ2v) is 18.6. The molecule has 1 fully saturated rings. The molecule has 3 aromatic carbocycles. The Morgan fingerprint density at radius 2 is 1.07 bits per heavy atom. The molecule has 74 heavy (non-hydrogen) atoms. The van der Waals surface area contributed by atoms with Crippen LogP contribution >= 0.6 is 15.9 Å². The summed E-state index contributed by atoms with van der Waals surface area (Å²) in [7, 11) is 3.17. The van der Waals surface area contributed by atoms with E-state index in [1.807, 2.05) is 67.3 Å². The normalized spacial score (nSPS) is 14.3. The number of aromatic nitrogens is 12. The molecule has 0 aliphatic carbocycles. The van der Waals surface area contributed by atoms with Gasteiger partial charge in [-0.05, 0) is 80.7 Å². The maximum atomic E-state index is 14.1. The Morgan fingerprint density at radius 3 is 1.59 bits per heavy atom. The number of amides is 2. The maximum Gasteiger partial charge on any atom is 0.332 e. The third-order valence-corrected chi connectivity index (χ3v) is 14.0. The standard InChI is InChI=1S/C33H30N8O4.C20H17BrN6O2/c1-4-5-17-39-27-28(37(3)33(45)40(31(27)44)19-26-34-20(2)22-12-8-9-15-25(22)35-26)36-32(39)38-16-10-11-21(18-38)41-29(42)23-13-6-7-14-24(23)30(41)43;1-4-5-10-26-16-17(24-19(26)21)25(3)20(29)27(18(16)28)11-15-22-12(2)13-8-6-7-9-14(13)23-15/h6-9,12-15,21H,10-11,16-19H2,1-3H3;6-9H,10-11H2,1-3H3/t21-;/m1./s1. The first-order valence-corrected chi connectivity index (χ1v) is 24.5. The molecule has 0 bridgehead atoms. The van der Waals surface area contributed by atoms with Crippen LogP contribution in [0, 0.1) is 37.5 Å². The van der Waals surface area contributed by atoms with E-state index in [0.29, 0.717) is 70.6 Å². The number of aryl methyl sites for hydroxylation is 4. The fraction of sp³-hybridized carbons (Fsp3) is 0.283. The van der Waals surface area contributed by atoms with Gasteiger partial charge < -0.3 is 9.47 Å². The summed E-state index contributed by atoms with van der Waals surface area (Å²) < 4.78 is 8.79. The molecule has 1 saturated heterocycles. The fourth-order valence-corrected chi connectivity index (χ4v) is 10.2. The number of rotatable bonds is 8. The van der Waals surface area contributed by atoms with E-state index in [4.69, 9.17) is 4.98 Å². The number of imide groups is 1. The minimum absolute atomic E-state index is 0.0324. The molecule has 21 heteroatoms. The predicted octanol–water partition coefficient (Wildman–Crippen LogP) is 4.47. The highest BCUT2D eigenvalue weighted by atomic mass is 79.9. The lowest BCUT2D eigenvalue weighted by atomic mass is 10.0. The van der Waals surface area contributed by atoms with Gasteiger partial charge >= 0.3 is 11.4 Å². The number of para-hydroxylation sites is 2. The quantitative estimate of drug-likeness (QED) is 0.117. The molecule has 11 rings (SSSR count). The van der Waals surface area contributed by atoms with Crippen LogP contribution in [0.3, 0.4) is 0 Å². The number of carbonyl (C=O) groups excluding carboxylic acids is 2. The molecule has 8 heterocycles. The van der Waals surface area contributed by atoms with Crippen LogP contribution in [-0.4, -0.2) is 93.2 Å². The zero-order chi connectivity index (χ0) is 52.1. The lowest BCUT2D eigenvalue weighted by Gasteiger charge is -2.37. The molecule has 2 aliphatic rings. The molecule has 1 atom stereocenters. The second-order valence-electron chi connectivity index (χ2n) is 17.9. The van der Waals surface area contributed by atoms with Gasteiger partial charge in [0, 0.05) is 49.3 Å². The summed E-state index contributed by atoms with van der Waals surface area (Å²) in [5.41, 5.74) is 2.95. The number of hydrogen-bond donors (Lipinski definition) is 0. The number of anilines is 1. The van der Waals surface area contributed by atoms with Crippen molar-refractivity contribution >= 4 is 77.8 Å². The van der Waals surface area contributed by atoms with Gasteiger partial charge in [0.1, 0.15) is 11.6 Å². The van der Waals surface area contributed by atoms with Gasteiger partial charge in [-0.15, -0.1) is 11.8 Å². The highest BCUT2D eigenvalue weighted by Gasteiger charge is 2.42. The van der Waals surface area contributed by atoms with Gasteiger partial charge in [-0.1, -0.05) is 60.4 Å². The Morgan fingerprint density at radius 1 is 0.595 bits per heavy atom. The predicted molar refractivity (Wildman–Crippen MR) is 282 cm³/mol. The van der Waals surface area contributed by atoms with Crippen molar-refractivity contribution in [3.63, 3.8) is 0 Å². The number of nitrogens with zero attached hydrogens (tertiary/aromatic N) is 14. The number of hydrogen-bond acceptors (Lipinski definition) is 13. The molecule has 0 saturated carbocycles. The summed E-state index contributed by atoms with van der Waals surface area (Å²) in [6.07, 6.45) is 1.34. The molecule has 0 spiro atoms. The smallest absolute Gasteiger partial charge is 0.332 e. The van der Waals surface area contributed by atoms with E-state index in [0.717, 1.165) is 42.3 Å². The number of halogens is 1. The highest BCUT2D eigenvalue weighted by molar-refractivity contribution is 9.10. The van der Waals surface area contributed by atoms with Crippen molar-refractivity contribution in [3.8, 4) is 23.7 Å². The summed E-state index contributed by atoms with van der Waals surface area (Å²) >= 11 is 3.36. The minimum Gasteiger partial charge on any atom is -0.340 e. The SMILES string of the molecule is CC#CCn1c(Br)nc2c1c(=O)n(Cc1nc(C)c3ccccc3n1)c(=O)n2C.CC#CCn1c(N2CCC[C@@H](N3C(=O)c4ccccc4C3=O)C2)nc2c1c(=O)n(Cc1nc(C)c3ccccc3n1)c(=O)n2C. The van der Waals surface area contributed by atoms with Gasteiger partial charge in [0.05, 0.1) is 54.4 Å². The molecular weight excluding hydrogens is 1010 g/mol. The summed E-state index contributed by atoms with van der Waals surface area (Å²) in [5, 5.41) is 1.84. The fourth-order valence-electron chi connectivity index (χ4n) is 9.74. The van der Waals surface area contributed by atoms with Crippen molar-refractivity contribution in [2.45, 2.75) is 72.8 Å². The topological polar surface area (TPSA) is 216 Å². The van der Waals surface area contributed by atoms with E-state index in [1.54, 1.807) is 61.3 Å². The largest absolute Gasteiger partial charge is 0.340 e. The lowest BCUT2D eigenvalue weighted by molar-refractivity contribution is 0.0569. The number of benzene rings is 3. The van der Waals surface area contributed by atoms with Crippen LogP contribution < -0.4 is 27.4 Å². The van der Waals surface area contributed by atoms with Crippen LogP contribution in [0.15, 0.2) is 96.7 Å². The zero-order valence-corrected chi connectivity index (χ0v) is 42.8. The molecule has 0 unspecified atom stereocenters. The minimum atomic E-state index is -0.540. The monoisotopic (exact) mass is 1050 g/mol. The highest BCUT2D eigenvalue weighted by Crippen LogP contribution is 2.31. The van der Waals surface area contributed by atoms with Crippen LogP contribution in [-0.2, 0) is 40.3 Å². The van der Waals surface area contributed by atoms with E-state index in [9.17, 15) is 28.8 Å². The van der Waals surface area contributed by atoms with Gasteiger partial charge in [-0.2, -0.15) is 4.98 Å². The van der Waals surface area contributed by atoms with E-state index in [2.05, 4.69) is 64.5 Å². The van der Waals surface area contributed by atoms with Gasteiger partial charge in [0.2, 0.25) is 5.95 Å². The number of carbonyl (C=O) groups is 2.